The summed E-state index contributed by atoms with van der Waals surface area (Å²) in [5.74, 6) is 0.389. The standard InChI is InChI=1S/C20H14Cl2N2O2/c21-11-5-6-13-16(9-11)23-7-8-24-17(25)10-14(18(19(13)26)20(23)24)12-3-1-2-4-15(12)22/h1-6,9,14H,7-8,10H2. The van der Waals surface area contributed by atoms with Crippen LogP contribution in [0.4, 0.5) is 5.82 Å². The largest absolute Gasteiger partial charge is 0.325 e. The number of anilines is 1. The second-order valence-electron chi connectivity index (χ2n) is 6.70. The van der Waals surface area contributed by atoms with E-state index in [1.807, 2.05) is 22.8 Å². The molecule has 5 rings (SSSR count). The van der Waals surface area contributed by atoms with Crippen molar-refractivity contribution in [3.63, 3.8) is 0 Å². The number of pyridine rings is 1. The average molecular weight is 385 g/mol. The highest BCUT2D eigenvalue weighted by atomic mass is 35.5. The van der Waals surface area contributed by atoms with Gasteiger partial charge in [0.05, 0.1) is 5.52 Å². The summed E-state index contributed by atoms with van der Waals surface area (Å²) < 4.78 is 2.04. The van der Waals surface area contributed by atoms with E-state index in [0.717, 1.165) is 11.1 Å². The number of benzene rings is 2. The van der Waals surface area contributed by atoms with Gasteiger partial charge in [-0.05, 0) is 29.8 Å². The van der Waals surface area contributed by atoms with Crippen LogP contribution in [0.2, 0.25) is 10.0 Å². The highest BCUT2D eigenvalue weighted by Crippen LogP contribution is 2.43. The summed E-state index contributed by atoms with van der Waals surface area (Å²) in [5, 5.41) is 1.77. The SMILES string of the molecule is O=C1CC(c2ccccc2Cl)c2c3n(c4cc(Cl)ccc4c2=O)CCN13. The van der Waals surface area contributed by atoms with E-state index in [1.165, 1.54) is 0 Å². The van der Waals surface area contributed by atoms with Gasteiger partial charge in [0.2, 0.25) is 5.91 Å². The molecule has 130 valence electrons. The van der Waals surface area contributed by atoms with Crippen LogP contribution in [0.15, 0.2) is 47.3 Å². The van der Waals surface area contributed by atoms with Crippen molar-refractivity contribution < 1.29 is 4.79 Å². The predicted molar refractivity (Wildman–Crippen MR) is 103 cm³/mol. The summed E-state index contributed by atoms with van der Waals surface area (Å²) in [5.41, 5.74) is 2.20. The Hall–Kier alpha value is -2.30. The van der Waals surface area contributed by atoms with Crippen LogP contribution in [0.1, 0.15) is 23.5 Å². The maximum Gasteiger partial charge on any atom is 0.229 e. The van der Waals surface area contributed by atoms with E-state index in [9.17, 15) is 9.59 Å². The summed E-state index contributed by atoms with van der Waals surface area (Å²) >= 11 is 12.6. The molecule has 2 aromatic carbocycles. The summed E-state index contributed by atoms with van der Waals surface area (Å²) in [6, 6.07) is 12.7. The molecule has 1 unspecified atom stereocenters. The van der Waals surface area contributed by atoms with Crippen molar-refractivity contribution in [1.29, 1.82) is 0 Å². The molecule has 0 spiro atoms. The smallest absolute Gasteiger partial charge is 0.229 e. The highest BCUT2D eigenvalue weighted by molar-refractivity contribution is 6.31. The molecule has 0 saturated heterocycles. The molecule has 0 radical (unpaired) electrons. The fourth-order valence-electron chi connectivity index (χ4n) is 4.22. The zero-order chi connectivity index (χ0) is 18.0. The Kier molecular flexibility index (Phi) is 3.43. The van der Waals surface area contributed by atoms with Gasteiger partial charge in [-0.1, -0.05) is 41.4 Å². The maximum absolute atomic E-state index is 13.4. The number of hydrogen-bond donors (Lipinski definition) is 0. The number of nitrogens with zero attached hydrogens (tertiary/aromatic N) is 2. The molecule has 3 aromatic rings. The van der Waals surface area contributed by atoms with Gasteiger partial charge in [0.1, 0.15) is 5.82 Å². The molecule has 0 N–H and O–H groups in total. The Bertz CT molecular complexity index is 1150. The van der Waals surface area contributed by atoms with Gasteiger partial charge in [-0.15, -0.1) is 0 Å². The van der Waals surface area contributed by atoms with Crippen molar-refractivity contribution in [2.24, 2.45) is 0 Å². The van der Waals surface area contributed by atoms with Crippen LogP contribution in [0, 0.1) is 0 Å². The Morgan fingerprint density at radius 2 is 1.81 bits per heavy atom. The normalized spacial score (nSPS) is 18.5. The van der Waals surface area contributed by atoms with Crippen molar-refractivity contribution in [3.05, 3.63) is 73.9 Å². The van der Waals surface area contributed by atoms with Gasteiger partial charge >= 0.3 is 0 Å². The predicted octanol–water partition coefficient (Wildman–Crippen LogP) is 4.19. The maximum atomic E-state index is 13.4. The van der Waals surface area contributed by atoms with Crippen LogP contribution in [0.3, 0.4) is 0 Å². The topological polar surface area (TPSA) is 42.3 Å². The van der Waals surface area contributed by atoms with Crippen molar-refractivity contribution >= 4 is 45.8 Å². The number of rotatable bonds is 1. The molecule has 1 aromatic heterocycles. The first-order valence-corrected chi connectivity index (χ1v) is 9.22. The van der Waals surface area contributed by atoms with Gasteiger partial charge < -0.3 is 4.57 Å². The first-order chi connectivity index (χ1) is 12.6. The van der Waals surface area contributed by atoms with E-state index < -0.39 is 0 Å². The third kappa shape index (κ3) is 2.09. The monoisotopic (exact) mass is 384 g/mol. The average Bonchev–Trinajstić information content (AvgIpc) is 3.07. The molecule has 2 aliphatic heterocycles. The number of hydrogen-bond acceptors (Lipinski definition) is 2. The lowest BCUT2D eigenvalue weighted by atomic mass is 9.84. The Balaban J connectivity index is 1.90. The quantitative estimate of drug-likeness (QED) is 0.631. The zero-order valence-electron chi connectivity index (χ0n) is 13.7. The van der Waals surface area contributed by atoms with Gasteiger partial charge in [-0.2, -0.15) is 0 Å². The van der Waals surface area contributed by atoms with Crippen LogP contribution in [-0.2, 0) is 11.3 Å². The van der Waals surface area contributed by atoms with Crippen molar-refractivity contribution in [1.82, 2.24) is 4.57 Å². The molecule has 3 heterocycles. The van der Waals surface area contributed by atoms with Crippen LogP contribution >= 0.6 is 23.2 Å². The molecule has 6 heteroatoms. The molecule has 2 aliphatic rings. The number of carbonyl (C=O) groups is 1. The molecular formula is C20H14Cl2N2O2. The first kappa shape index (κ1) is 15.9. The Morgan fingerprint density at radius 3 is 2.62 bits per heavy atom. The van der Waals surface area contributed by atoms with E-state index in [2.05, 4.69) is 0 Å². The molecule has 0 aliphatic carbocycles. The van der Waals surface area contributed by atoms with Gasteiger partial charge in [-0.3, -0.25) is 14.5 Å². The number of amides is 1. The molecule has 4 nitrogen and oxygen atoms in total. The van der Waals surface area contributed by atoms with Crippen LogP contribution < -0.4 is 10.3 Å². The van der Waals surface area contributed by atoms with Crippen LogP contribution in [-0.4, -0.2) is 17.0 Å². The van der Waals surface area contributed by atoms with E-state index in [-0.39, 0.29) is 23.7 Å². The van der Waals surface area contributed by atoms with Gasteiger partial charge in [-0.25, -0.2) is 0 Å². The molecule has 1 amide bonds. The van der Waals surface area contributed by atoms with Crippen molar-refractivity contribution in [2.45, 2.75) is 18.9 Å². The summed E-state index contributed by atoms with van der Waals surface area (Å²) in [6.45, 7) is 1.23. The number of halogens is 2. The molecule has 0 fully saturated rings. The molecular weight excluding hydrogens is 371 g/mol. The summed E-state index contributed by atoms with van der Waals surface area (Å²) in [6.07, 6.45) is 0.255. The third-order valence-electron chi connectivity index (χ3n) is 5.35. The van der Waals surface area contributed by atoms with E-state index in [0.29, 0.717) is 39.9 Å². The highest BCUT2D eigenvalue weighted by Gasteiger charge is 2.40. The number of carbonyl (C=O) groups excluding carboxylic acids is 1. The molecule has 26 heavy (non-hydrogen) atoms. The molecule has 0 bridgehead atoms. The zero-order valence-corrected chi connectivity index (χ0v) is 15.2. The minimum absolute atomic E-state index is 0.0226. The van der Waals surface area contributed by atoms with Gasteiger partial charge in [0, 0.05) is 46.4 Å². The Labute approximate surface area is 159 Å². The van der Waals surface area contributed by atoms with E-state index in [4.69, 9.17) is 23.2 Å². The fourth-order valence-corrected chi connectivity index (χ4v) is 4.65. The van der Waals surface area contributed by atoms with Crippen LogP contribution in [0.25, 0.3) is 10.9 Å². The third-order valence-corrected chi connectivity index (χ3v) is 5.93. The van der Waals surface area contributed by atoms with E-state index >= 15 is 0 Å². The lowest BCUT2D eigenvalue weighted by Gasteiger charge is -2.31. The minimum atomic E-state index is -0.334. The molecule has 0 saturated carbocycles. The summed E-state index contributed by atoms with van der Waals surface area (Å²) in [7, 11) is 0. The van der Waals surface area contributed by atoms with Gasteiger partial charge in [0.25, 0.3) is 0 Å². The van der Waals surface area contributed by atoms with E-state index in [1.54, 1.807) is 29.2 Å². The van der Waals surface area contributed by atoms with Crippen molar-refractivity contribution in [3.8, 4) is 0 Å². The second-order valence-corrected chi connectivity index (χ2v) is 7.55. The minimum Gasteiger partial charge on any atom is -0.325 e. The van der Waals surface area contributed by atoms with Gasteiger partial charge in [0.15, 0.2) is 5.43 Å². The molecule has 1 atom stereocenters. The summed E-state index contributed by atoms with van der Waals surface area (Å²) in [4.78, 5) is 27.9. The lowest BCUT2D eigenvalue weighted by Crippen LogP contribution is -2.38. The first-order valence-electron chi connectivity index (χ1n) is 8.47. The number of fused-ring (bicyclic) bond motifs is 2. The Morgan fingerprint density at radius 1 is 1.00 bits per heavy atom. The van der Waals surface area contributed by atoms with Crippen molar-refractivity contribution in [2.75, 3.05) is 11.4 Å². The lowest BCUT2D eigenvalue weighted by molar-refractivity contribution is -0.119. The number of aromatic nitrogens is 1. The second kappa shape index (κ2) is 5.60. The van der Waals surface area contributed by atoms with Crippen LogP contribution in [0.5, 0.6) is 0 Å². The fraction of sp³-hybridized carbons (Fsp3) is 0.200.